The summed E-state index contributed by atoms with van der Waals surface area (Å²) in [5, 5.41) is 2.42. The Balaban J connectivity index is 2.66. The van der Waals surface area contributed by atoms with Gasteiger partial charge in [0.05, 0.1) is 10.0 Å². The molecule has 1 aromatic rings. The highest BCUT2D eigenvalue weighted by Gasteiger charge is 2.15. The Morgan fingerprint density at radius 3 is 2.35 bits per heavy atom. The van der Waals surface area contributed by atoms with E-state index in [1.54, 1.807) is 0 Å². The molecule has 20 heavy (non-hydrogen) atoms. The van der Waals surface area contributed by atoms with Gasteiger partial charge < -0.3 is 11.1 Å². The standard InChI is InChI=1S/C14H19Cl2FN2O/c1-8(2)3-9(7-18)4-13(20)19-10-5-11(15)14(17)12(16)6-10/h5-6,8-9H,3-4,7,18H2,1-2H3,(H,19,20)/t9-/m0/s1. The Hall–Kier alpha value is -0.840. The fraction of sp³-hybridized carbons (Fsp3) is 0.500. The second-order valence-electron chi connectivity index (χ2n) is 5.24. The smallest absolute Gasteiger partial charge is 0.224 e. The number of carbonyl (C=O) groups is 1. The molecule has 0 spiro atoms. The molecule has 0 heterocycles. The number of anilines is 1. The Bertz CT molecular complexity index is 457. The summed E-state index contributed by atoms with van der Waals surface area (Å²) in [6, 6.07) is 2.67. The van der Waals surface area contributed by atoms with Crippen molar-refractivity contribution in [1.29, 1.82) is 0 Å². The lowest BCUT2D eigenvalue weighted by Gasteiger charge is -2.16. The van der Waals surface area contributed by atoms with Crippen molar-refractivity contribution in [3.63, 3.8) is 0 Å². The van der Waals surface area contributed by atoms with Crippen molar-refractivity contribution < 1.29 is 9.18 Å². The van der Waals surface area contributed by atoms with Gasteiger partial charge in [-0.3, -0.25) is 4.79 Å². The minimum absolute atomic E-state index is 0.120. The molecule has 1 atom stereocenters. The van der Waals surface area contributed by atoms with Gasteiger partial charge in [-0.25, -0.2) is 4.39 Å². The SMILES string of the molecule is CC(C)C[C@H](CN)CC(=O)Nc1cc(Cl)c(F)c(Cl)c1. The molecule has 0 unspecified atom stereocenters. The van der Waals surface area contributed by atoms with Gasteiger partial charge >= 0.3 is 0 Å². The number of nitrogens with one attached hydrogen (secondary N) is 1. The number of benzene rings is 1. The Kier molecular flexibility index (Phi) is 6.72. The van der Waals surface area contributed by atoms with Crippen LogP contribution in [0, 0.1) is 17.7 Å². The van der Waals surface area contributed by atoms with E-state index in [9.17, 15) is 9.18 Å². The van der Waals surface area contributed by atoms with Crippen LogP contribution in [0.1, 0.15) is 26.7 Å². The first kappa shape index (κ1) is 17.2. The van der Waals surface area contributed by atoms with E-state index in [2.05, 4.69) is 19.2 Å². The van der Waals surface area contributed by atoms with Gasteiger partial charge in [-0.1, -0.05) is 37.0 Å². The van der Waals surface area contributed by atoms with Gasteiger partial charge in [-0.05, 0) is 36.9 Å². The molecular formula is C14H19Cl2FN2O. The van der Waals surface area contributed by atoms with E-state index in [-0.39, 0.29) is 21.9 Å². The molecule has 0 aliphatic heterocycles. The highest BCUT2D eigenvalue weighted by molar-refractivity contribution is 6.35. The van der Waals surface area contributed by atoms with Crippen LogP contribution in [-0.2, 0) is 4.79 Å². The predicted octanol–water partition coefficient (Wildman–Crippen LogP) is 4.08. The molecule has 0 saturated carbocycles. The molecule has 112 valence electrons. The summed E-state index contributed by atoms with van der Waals surface area (Å²) >= 11 is 11.3. The van der Waals surface area contributed by atoms with Crippen molar-refractivity contribution in [2.45, 2.75) is 26.7 Å². The molecule has 0 saturated heterocycles. The summed E-state index contributed by atoms with van der Waals surface area (Å²) in [7, 11) is 0. The summed E-state index contributed by atoms with van der Waals surface area (Å²) in [6.45, 7) is 4.62. The van der Waals surface area contributed by atoms with E-state index >= 15 is 0 Å². The lowest BCUT2D eigenvalue weighted by atomic mass is 9.94. The number of halogens is 3. The molecule has 0 bridgehead atoms. The van der Waals surface area contributed by atoms with Crippen LogP contribution in [0.5, 0.6) is 0 Å². The van der Waals surface area contributed by atoms with E-state index in [0.29, 0.717) is 24.6 Å². The largest absolute Gasteiger partial charge is 0.330 e. The zero-order valence-corrected chi connectivity index (χ0v) is 13.1. The van der Waals surface area contributed by atoms with Gasteiger partial charge in [0.15, 0.2) is 5.82 Å². The Morgan fingerprint density at radius 1 is 1.35 bits per heavy atom. The first-order chi connectivity index (χ1) is 9.33. The summed E-state index contributed by atoms with van der Waals surface area (Å²) in [5.41, 5.74) is 6.04. The second-order valence-corrected chi connectivity index (χ2v) is 6.05. The van der Waals surface area contributed by atoms with Gasteiger partial charge in [0.2, 0.25) is 5.91 Å². The van der Waals surface area contributed by atoms with Crippen molar-refractivity contribution in [1.82, 2.24) is 0 Å². The Labute approximate surface area is 128 Å². The minimum Gasteiger partial charge on any atom is -0.330 e. The fourth-order valence-corrected chi connectivity index (χ4v) is 2.52. The summed E-state index contributed by atoms with van der Waals surface area (Å²) in [6.07, 6.45) is 1.20. The number of rotatable bonds is 6. The third-order valence-corrected chi connectivity index (χ3v) is 3.43. The van der Waals surface area contributed by atoms with Crippen LogP contribution in [-0.4, -0.2) is 12.5 Å². The summed E-state index contributed by atoms with van der Waals surface area (Å²) in [5.74, 6) is -0.265. The maximum atomic E-state index is 13.3. The molecule has 0 aromatic heterocycles. The molecular weight excluding hydrogens is 302 g/mol. The van der Waals surface area contributed by atoms with Crippen LogP contribution in [0.4, 0.5) is 10.1 Å². The molecule has 0 aliphatic carbocycles. The molecule has 0 fully saturated rings. The van der Waals surface area contributed by atoms with E-state index in [4.69, 9.17) is 28.9 Å². The van der Waals surface area contributed by atoms with Gasteiger partial charge in [0, 0.05) is 12.1 Å². The molecule has 3 N–H and O–H groups in total. The predicted molar refractivity (Wildman–Crippen MR) is 81.7 cm³/mol. The molecule has 1 aromatic carbocycles. The molecule has 6 heteroatoms. The van der Waals surface area contributed by atoms with E-state index in [1.807, 2.05) is 0 Å². The lowest BCUT2D eigenvalue weighted by Crippen LogP contribution is -2.23. The topological polar surface area (TPSA) is 55.1 Å². The number of nitrogens with two attached hydrogens (primary N) is 1. The minimum atomic E-state index is -0.689. The maximum absolute atomic E-state index is 13.3. The summed E-state index contributed by atoms with van der Waals surface area (Å²) < 4.78 is 13.3. The average molecular weight is 321 g/mol. The van der Waals surface area contributed by atoms with E-state index in [0.717, 1.165) is 6.42 Å². The first-order valence-electron chi connectivity index (χ1n) is 6.48. The van der Waals surface area contributed by atoms with Gasteiger partial charge in [0.1, 0.15) is 0 Å². The van der Waals surface area contributed by atoms with Crippen molar-refractivity contribution in [2.75, 3.05) is 11.9 Å². The number of carbonyl (C=O) groups excluding carboxylic acids is 1. The zero-order chi connectivity index (χ0) is 15.3. The number of hydrogen-bond acceptors (Lipinski definition) is 2. The van der Waals surface area contributed by atoms with E-state index in [1.165, 1.54) is 12.1 Å². The quantitative estimate of drug-likeness (QED) is 0.776. The van der Waals surface area contributed by atoms with Crippen LogP contribution in [0.15, 0.2) is 12.1 Å². The van der Waals surface area contributed by atoms with Crippen LogP contribution in [0.25, 0.3) is 0 Å². The van der Waals surface area contributed by atoms with Crippen molar-refractivity contribution in [3.8, 4) is 0 Å². The number of amides is 1. The molecule has 1 amide bonds. The normalized spacial score (nSPS) is 12.6. The van der Waals surface area contributed by atoms with Crippen molar-refractivity contribution in [2.24, 2.45) is 17.6 Å². The third kappa shape index (κ3) is 5.27. The molecule has 0 aliphatic rings. The molecule has 0 radical (unpaired) electrons. The second kappa shape index (κ2) is 7.81. The molecule has 3 nitrogen and oxygen atoms in total. The highest BCUT2D eigenvalue weighted by atomic mass is 35.5. The summed E-state index contributed by atoms with van der Waals surface area (Å²) in [4.78, 5) is 11.9. The fourth-order valence-electron chi connectivity index (χ4n) is 2.03. The molecule has 1 rings (SSSR count). The zero-order valence-electron chi connectivity index (χ0n) is 11.6. The van der Waals surface area contributed by atoms with Gasteiger partial charge in [0.25, 0.3) is 0 Å². The van der Waals surface area contributed by atoms with Crippen LogP contribution >= 0.6 is 23.2 Å². The monoisotopic (exact) mass is 320 g/mol. The van der Waals surface area contributed by atoms with Crippen LogP contribution in [0.2, 0.25) is 10.0 Å². The third-order valence-electron chi connectivity index (χ3n) is 2.88. The first-order valence-corrected chi connectivity index (χ1v) is 7.23. The van der Waals surface area contributed by atoms with Crippen molar-refractivity contribution in [3.05, 3.63) is 28.0 Å². The van der Waals surface area contributed by atoms with Gasteiger partial charge in [-0.15, -0.1) is 0 Å². The van der Waals surface area contributed by atoms with Crippen LogP contribution in [0.3, 0.4) is 0 Å². The highest BCUT2D eigenvalue weighted by Crippen LogP contribution is 2.27. The lowest BCUT2D eigenvalue weighted by molar-refractivity contribution is -0.117. The van der Waals surface area contributed by atoms with E-state index < -0.39 is 5.82 Å². The Morgan fingerprint density at radius 2 is 1.90 bits per heavy atom. The van der Waals surface area contributed by atoms with Crippen LogP contribution < -0.4 is 11.1 Å². The van der Waals surface area contributed by atoms with Crippen molar-refractivity contribution >= 4 is 34.8 Å². The average Bonchev–Trinajstić information content (AvgIpc) is 2.34. The van der Waals surface area contributed by atoms with Gasteiger partial charge in [-0.2, -0.15) is 0 Å². The number of hydrogen-bond donors (Lipinski definition) is 2. The maximum Gasteiger partial charge on any atom is 0.224 e.